The summed E-state index contributed by atoms with van der Waals surface area (Å²) in [5.41, 5.74) is 0. The first-order valence-corrected chi connectivity index (χ1v) is 16.4. The topological polar surface area (TPSA) is 0 Å². The molecule has 199 valence electrons. The molecule has 0 heterocycles. The van der Waals surface area contributed by atoms with Crippen LogP contribution < -0.4 is 15.6 Å². The van der Waals surface area contributed by atoms with Gasteiger partial charge in [-0.15, -0.1) is 0 Å². The van der Waals surface area contributed by atoms with Gasteiger partial charge in [0.05, 0.1) is 0 Å². The molecule has 0 unspecified atom stereocenters. The van der Waals surface area contributed by atoms with Gasteiger partial charge in [0.1, 0.15) is 0 Å². The maximum Gasteiger partial charge on any atom is 0.159 e. The zero-order valence-corrected chi connectivity index (χ0v) is 24.6. The second-order valence-corrected chi connectivity index (χ2v) is 13.7. The quantitative estimate of drug-likeness (QED) is 0.115. The summed E-state index contributed by atoms with van der Waals surface area (Å²) in [6, 6.07) is 61.2. The van der Waals surface area contributed by atoms with E-state index in [0.717, 1.165) is 0 Å². The van der Waals surface area contributed by atoms with Gasteiger partial charge >= 0.3 is 0 Å². The van der Waals surface area contributed by atoms with E-state index in [1.165, 1.54) is 80.2 Å². The molecule has 0 amide bonds. The molecule has 0 aromatic heterocycles. The van der Waals surface area contributed by atoms with Crippen molar-refractivity contribution in [2.24, 2.45) is 0 Å². The zero-order valence-electron chi connectivity index (χ0n) is 23.6. The van der Waals surface area contributed by atoms with Crippen LogP contribution in [-0.2, 0) is 0 Å². The molecular formula is C42H27Si. The summed E-state index contributed by atoms with van der Waals surface area (Å²) in [6.45, 7) is 0. The molecule has 0 aliphatic heterocycles. The lowest BCUT2D eigenvalue weighted by molar-refractivity contribution is 1.76. The molecular weight excluding hydrogens is 533 g/mol. The summed E-state index contributed by atoms with van der Waals surface area (Å²) >= 11 is 0. The largest absolute Gasteiger partial charge is 0.159 e. The standard InChI is InChI=1S/C42H27Si/c1-7-19-34-28(13-1)25-29-14-2-8-20-35(29)40(34)43(41-36-21-9-3-15-30(36)26-31-16-4-10-22-37(31)41)42-38-23-11-5-17-32(38)27-33-18-6-12-24-39(33)42/h1-27H. The lowest BCUT2D eigenvalue weighted by atomic mass is 10.0. The van der Waals surface area contributed by atoms with Crippen LogP contribution in [0.1, 0.15) is 0 Å². The number of fused-ring (bicyclic) bond motifs is 6. The monoisotopic (exact) mass is 559 g/mol. The van der Waals surface area contributed by atoms with Crippen LogP contribution in [-0.4, -0.2) is 8.80 Å². The predicted molar refractivity (Wildman–Crippen MR) is 189 cm³/mol. The zero-order chi connectivity index (χ0) is 28.3. The van der Waals surface area contributed by atoms with Crippen LogP contribution in [0.15, 0.2) is 164 Å². The Morgan fingerprint density at radius 3 is 0.628 bits per heavy atom. The fraction of sp³-hybridized carbons (Fsp3) is 0. The van der Waals surface area contributed by atoms with Gasteiger partial charge in [0.2, 0.25) is 0 Å². The fourth-order valence-corrected chi connectivity index (χ4v) is 11.0. The summed E-state index contributed by atoms with van der Waals surface area (Å²) in [6.07, 6.45) is 0. The molecule has 0 aliphatic rings. The molecule has 43 heavy (non-hydrogen) atoms. The van der Waals surface area contributed by atoms with Crippen molar-refractivity contribution in [1.29, 1.82) is 0 Å². The number of benzene rings is 9. The molecule has 0 atom stereocenters. The maximum absolute atomic E-state index is 2.37. The van der Waals surface area contributed by atoms with Crippen LogP contribution >= 0.6 is 0 Å². The van der Waals surface area contributed by atoms with Gasteiger partial charge in [0.15, 0.2) is 8.80 Å². The number of hydrogen-bond acceptors (Lipinski definition) is 0. The van der Waals surface area contributed by atoms with E-state index in [1.807, 2.05) is 0 Å². The first kappa shape index (κ1) is 24.4. The van der Waals surface area contributed by atoms with Crippen LogP contribution in [0.2, 0.25) is 0 Å². The highest BCUT2D eigenvalue weighted by molar-refractivity contribution is 7.03. The molecule has 0 nitrogen and oxygen atoms in total. The molecule has 0 spiro atoms. The van der Waals surface area contributed by atoms with Crippen molar-refractivity contribution >= 4 is 89.0 Å². The Balaban J connectivity index is 1.60. The first-order valence-electron chi connectivity index (χ1n) is 14.9. The lowest BCUT2D eigenvalue weighted by Gasteiger charge is -2.27. The van der Waals surface area contributed by atoms with E-state index >= 15 is 0 Å². The van der Waals surface area contributed by atoms with Crippen molar-refractivity contribution < 1.29 is 0 Å². The Hall–Kier alpha value is -5.24. The second kappa shape index (κ2) is 9.66. The third kappa shape index (κ3) is 3.75. The molecule has 0 N–H and O–H groups in total. The number of hydrogen-bond donors (Lipinski definition) is 0. The van der Waals surface area contributed by atoms with Gasteiger partial charge in [0.25, 0.3) is 0 Å². The van der Waals surface area contributed by atoms with Crippen LogP contribution in [0.5, 0.6) is 0 Å². The Morgan fingerprint density at radius 1 is 0.233 bits per heavy atom. The van der Waals surface area contributed by atoms with Gasteiger partial charge in [-0.05, 0) is 98.4 Å². The first-order chi connectivity index (χ1) is 21.3. The summed E-state index contributed by atoms with van der Waals surface area (Å²) in [5.74, 6) is 0. The highest BCUT2D eigenvalue weighted by atomic mass is 28.3. The van der Waals surface area contributed by atoms with E-state index in [4.69, 9.17) is 0 Å². The smallest absolute Gasteiger partial charge is 0.0616 e. The average Bonchev–Trinajstić information content (AvgIpc) is 3.07. The summed E-state index contributed by atoms with van der Waals surface area (Å²) < 4.78 is 0. The van der Waals surface area contributed by atoms with Crippen LogP contribution in [0, 0.1) is 0 Å². The van der Waals surface area contributed by atoms with Crippen molar-refractivity contribution in [2.75, 3.05) is 0 Å². The Bertz CT molecular complexity index is 2080. The van der Waals surface area contributed by atoms with E-state index in [9.17, 15) is 0 Å². The third-order valence-electron chi connectivity index (χ3n) is 9.06. The van der Waals surface area contributed by atoms with E-state index in [0.29, 0.717) is 0 Å². The minimum atomic E-state index is -1.63. The average molecular weight is 560 g/mol. The summed E-state index contributed by atoms with van der Waals surface area (Å²) in [4.78, 5) is 0. The third-order valence-corrected chi connectivity index (χ3v) is 12.2. The minimum absolute atomic E-state index is 1.30. The van der Waals surface area contributed by atoms with Gasteiger partial charge in [-0.25, -0.2) is 0 Å². The normalized spacial score (nSPS) is 11.9. The van der Waals surface area contributed by atoms with E-state index in [-0.39, 0.29) is 0 Å². The van der Waals surface area contributed by atoms with Crippen molar-refractivity contribution in [2.45, 2.75) is 0 Å². The van der Waals surface area contributed by atoms with Gasteiger partial charge in [0, 0.05) is 0 Å². The van der Waals surface area contributed by atoms with Gasteiger partial charge in [-0.3, -0.25) is 0 Å². The maximum atomic E-state index is 2.37. The molecule has 0 saturated heterocycles. The highest BCUT2D eigenvalue weighted by Gasteiger charge is 2.30. The van der Waals surface area contributed by atoms with Crippen LogP contribution in [0.4, 0.5) is 0 Å². The molecule has 9 rings (SSSR count). The molecule has 1 radical (unpaired) electrons. The number of rotatable bonds is 3. The Labute approximate surface area is 252 Å². The van der Waals surface area contributed by atoms with E-state index in [1.54, 1.807) is 0 Å². The molecule has 0 saturated carbocycles. The van der Waals surface area contributed by atoms with Crippen LogP contribution in [0.3, 0.4) is 0 Å². The molecule has 9 aromatic carbocycles. The molecule has 0 bridgehead atoms. The van der Waals surface area contributed by atoms with Crippen molar-refractivity contribution in [3.63, 3.8) is 0 Å². The second-order valence-electron chi connectivity index (χ2n) is 11.5. The Morgan fingerprint density at radius 2 is 0.419 bits per heavy atom. The molecule has 9 aromatic rings. The highest BCUT2D eigenvalue weighted by Crippen LogP contribution is 2.29. The van der Waals surface area contributed by atoms with Crippen molar-refractivity contribution in [3.05, 3.63) is 164 Å². The SMILES string of the molecule is c1ccc2c([Si](c3c4ccccc4cc4ccccc34)c3c4ccccc4cc4ccccc34)c3ccccc3cc2c1. The van der Waals surface area contributed by atoms with Gasteiger partial charge in [-0.2, -0.15) is 0 Å². The summed E-state index contributed by atoms with van der Waals surface area (Å²) in [5, 5.41) is 20.3. The fourth-order valence-electron chi connectivity index (χ4n) is 7.22. The van der Waals surface area contributed by atoms with Gasteiger partial charge < -0.3 is 0 Å². The minimum Gasteiger partial charge on any atom is -0.0616 e. The molecule has 0 fully saturated rings. The van der Waals surface area contributed by atoms with Crippen LogP contribution in [0.25, 0.3) is 64.6 Å². The van der Waals surface area contributed by atoms with E-state index < -0.39 is 8.80 Å². The molecule has 0 aliphatic carbocycles. The van der Waals surface area contributed by atoms with Crippen molar-refractivity contribution in [1.82, 2.24) is 0 Å². The molecule has 1 heteroatoms. The van der Waals surface area contributed by atoms with Crippen molar-refractivity contribution in [3.8, 4) is 0 Å². The Kier molecular flexibility index (Phi) is 5.47. The van der Waals surface area contributed by atoms with Gasteiger partial charge in [-0.1, -0.05) is 146 Å². The lowest BCUT2D eigenvalue weighted by Crippen LogP contribution is -2.53. The predicted octanol–water partition coefficient (Wildman–Crippen LogP) is 9.12. The summed E-state index contributed by atoms with van der Waals surface area (Å²) in [7, 11) is -1.63. The van der Waals surface area contributed by atoms with E-state index in [2.05, 4.69) is 164 Å².